The first kappa shape index (κ1) is 8.37. The molecule has 0 saturated carbocycles. The van der Waals surface area contributed by atoms with Crippen LogP contribution >= 0.6 is 15.9 Å². The van der Waals surface area contributed by atoms with Crippen LogP contribution in [0, 0.1) is 5.82 Å². The van der Waals surface area contributed by atoms with Crippen molar-refractivity contribution in [1.29, 1.82) is 0 Å². The van der Waals surface area contributed by atoms with Crippen LogP contribution in [0.5, 0.6) is 0 Å². The highest BCUT2D eigenvalue weighted by molar-refractivity contribution is 9.10. The molecule has 0 atom stereocenters. The van der Waals surface area contributed by atoms with Gasteiger partial charge in [0.1, 0.15) is 11.5 Å². The Hall–Kier alpha value is -1.23. The van der Waals surface area contributed by atoms with E-state index in [4.69, 9.17) is 0 Å². The standard InChI is InChI=1S/C8H5BrFN3/c9-6-1-5(2-7(10)3-6)8-4-11-13-12-8/h1-4H,(H,11,12,13). The Morgan fingerprint density at radius 2 is 2.15 bits per heavy atom. The number of aromatic amines is 1. The Morgan fingerprint density at radius 1 is 1.31 bits per heavy atom. The maximum Gasteiger partial charge on any atom is 0.125 e. The molecule has 3 nitrogen and oxygen atoms in total. The van der Waals surface area contributed by atoms with Gasteiger partial charge in [0, 0.05) is 10.0 Å². The first-order valence-corrected chi connectivity index (χ1v) is 4.37. The van der Waals surface area contributed by atoms with Gasteiger partial charge in [0.2, 0.25) is 0 Å². The minimum atomic E-state index is -0.299. The summed E-state index contributed by atoms with van der Waals surface area (Å²) in [6.07, 6.45) is 1.54. The second kappa shape index (κ2) is 3.26. The van der Waals surface area contributed by atoms with Crippen molar-refractivity contribution in [2.45, 2.75) is 0 Å². The van der Waals surface area contributed by atoms with Gasteiger partial charge in [0.15, 0.2) is 0 Å². The van der Waals surface area contributed by atoms with Crippen LogP contribution in [0.4, 0.5) is 4.39 Å². The Kier molecular flexibility index (Phi) is 2.10. The first-order valence-electron chi connectivity index (χ1n) is 3.58. The summed E-state index contributed by atoms with van der Waals surface area (Å²) < 4.78 is 13.6. The zero-order chi connectivity index (χ0) is 9.26. The predicted molar refractivity (Wildman–Crippen MR) is 49.5 cm³/mol. The molecule has 0 aliphatic heterocycles. The van der Waals surface area contributed by atoms with Crippen molar-refractivity contribution in [2.75, 3.05) is 0 Å². The summed E-state index contributed by atoms with van der Waals surface area (Å²) in [5.41, 5.74) is 1.32. The van der Waals surface area contributed by atoms with Crippen molar-refractivity contribution in [2.24, 2.45) is 0 Å². The van der Waals surface area contributed by atoms with Gasteiger partial charge in [-0.05, 0) is 18.2 Å². The van der Waals surface area contributed by atoms with Gasteiger partial charge in [0.25, 0.3) is 0 Å². The van der Waals surface area contributed by atoms with E-state index in [2.05, 4.69) is 31.3 Å². The van der Waals surface area contributed by atoms with Crippen molar-refractivity contribution in [3.05, 3.63) is 34.7 Å². The second-order valence-corrected chi connectivity index (χ2v) is 3.43. The molecule has 2 aromatic rings. The Bertz CT molecular complexity index is 393. The summed E-state index contributed by atoms with van der Waals surface area (Å²) in [6.45, 7) is 0. The third-order valence-electron chi connectivity index (χ3n) is 1.57. The van der Waals surface area contributed by atoms with Gasteiger partial charge in [0.05, 0.1) is 6.20 Å². The molecule has 0 fully saturated rings. The summed E-state index contributed by atoms with van der Waals surface area (Å²) in [5, 5.41) is 9.96. The van der Waals surface area contributed by atoms with Crippen LogP contribution in [-0.4, -0.2) is 15.4 Å². The summed E-state index contributed by atoms with van der Waals surface area (Å²) in [4.78, 5) is 0. The molecule has 0 unspecified atom stereocenters. The SMILES string of the molecule is Fc1cc(Br)cc(-c2cn[nH]n2)c1. The maximum absolute atomic E-state index is 12.9. The normalized spacial score (nSPS) is 10.3. The number of hydrogen-bond donors (Lipinski definition) is 1. The zero-order valence-corrected chi connectivity index (χ0v) is 8.05. The van der Waals surface area contributed by atoms with Crippen LogP contribution < -0.4 is 0 Å². The lowest BCUT2D eigenvalue weighted by Gasteiger charge is -1.97. The number of rotatable bonds is 1. The quantitative estimate of drug-likeness (QED) is 0.833. The number of hydrogen-bond acceptors (Lipinski definition) is 2. The van der Waals surface area contributed by atoms with Gasteiger partial charge < -0.3 is 0 Å². The van der Waals surface area contributed by atoms with Gasteiger partial charge in [-0.15, -0.1) is 0 Å². The summed E-state index contributed by atoms with van der Waals surface area (Å²) in [7, 11) is 0. The molecule has 0 saturated heterocycles. The van der Waals surface area contributed by atoms with E-state index < -0.39 is 0 Å². The van der Waals surface area contributed by atoms with E-state index in [9.17, 15) is 4.39 Å². The minimum Gasteiger partial charge on any atom is -0.207 e. The number of benzene rings is 1. The van der Waals surface area contributed by atoms with E-state index in [-0.39, 0.29) is 5.82 Å². The summed E-state index contributed by atoms with van der Waals surface area (Å²) in [5.74, 6) is -0.299. The third kappa shape index (κ3) is 1.75. The smallest absolute Gasteiger partial charge is 0.125 e. The monoisotopic (exact) mass is 241 g/mol. The fourth-order valence-electron chi connectivity index (χ4n) is 1.04. The number of halogens is 2. The van der Waals surface area contributed by atoms with Gasteiger partial charge in [-0.3, -0.25) is 0 Å². The third-order valence-corrected chi connectivity index (χ3v) is 2.03. The molecule has 0 aliphatic rings. The molecule has 0 radical (unpaired) electrons. The van der Waals surface area contributed by atoms with E-state index in [0.29, 0.717) is 15.7 Å². The molecule has 13 heavy (non-hydrogen) atoms. The van der Waals surface area contributed by atoms with Crippen molar-refractivity contribution >= 4 is 15.9 Å². The van der Waals surface area contributed by atoms with Gasteiger partial charge in [-0.1, -0.05) is 15.9 Å². The Balaban J connectivity index is 2.53. The van der Waals surface area contributed by atoms with Gasteiger partial charge in [-0.2, -0.15) is 15.4 Å². The van der Waals surface area contributed by atoms with Crippen molar-refractivity contribution in [3.63, 3.8) is 0 Å². The number of nitrogens with one attached hydrogen (secondary N) is 1. The minimum absolute atomic E-state index is 0.299. The molecule has 66 valence electrons. The van der Waals surface area contributed by atoms with E-state index in [1.807, 2.05) is 0 Å². The lowest BCUT2D eigenvalue weighted by Crippen LogP contribution is -1.81. The van der Waals surface area contributed by atoms with Crippen LogP contribution in [0.1, 0.15) is 0 Å². The molecule has 1 aromatic heterocycles. The van der Waals surface area contributed by atoms with E-state index in [1.54, 1.807) is 12.3 Å². The fraction of sp³-hybridized carbons (Fsp3) is 0. The molecular weight excluding hydrogens is 237 g/mol. The average Bonchev–Trinajstić information content (AvgIpc) is 2.53. The fourth-order valence-corrected chi connectivity index (χ4v) is 1.51. The van der Waals surface area contributed by atoms with Gasteiger partial charge >= 0.3 is 0 Å². The van der Waals surface area contributed by atoms with Crippen molar-refractivity contribution < 1.29 is 4.39 Å². The predicted octanol–water partition coefficient (Wildman–Crippen LogP) is 2.37. The molecule has 0 spiro atoms. The molecule has 0 bridgehead atoms. The van der Waals surface area contributed by atoms with Crippen LogP contribution in [-0.2, 0) is 0 Å². The highest BCUT2D eigenvalue weighted by Crippen LogP contribution is 2.21. The molecule has 1 N–H and O–H groups in total. The molecule has 1 aromatic carbocycles. The topological polar surface area (TPSA) is 41.6 Å². The number of aromatic nitrogens is 3. The molecule has 0 aliphatic carbocycles. The number of H-pyrrole nitrogens is 1. The van der Waals surface area contributed by atoms with E-state index in [1.165, 1.54) is 12.1 Å². The highest BCUT2D eigenvalue weighted by atomic mass is 79.9. The van der Waals surface area contributed by atoms with Crippen molar-refractivity contribution in [3.8, 4) is 11.3 Å². The zero-order valence-electron chi connectivity index (χ0n) is 6.46. The van der Waals surface area contributed by atoms with E-state index >= 15 is 0 Å². The maximum atomic E-state index is 12.9. The number of nitrogens with zero attached hydrogens (tertiary/aromatic N) is 2. The molecular formula is C8H5BrFN3. The first-order chi connectivity index (χ1) is 6.25. The molecule has 1 heterocycles. The Morgan fingerprint density at radius 3 is 2.77 bits per heavy atom. The molecule has 5 heteroatoms. The average molecular weight is 242 g/mol. The largest absolute Gasteiger partial charge is 0.207 e. The second-order valence-electron chi connectivity index (χ2n) is 2.51. The van der Waals surface area contributed by atoms with Crippen molar-refractivity contribution in [1.82, 2.24) is 15.4 Å². The van der Waals surface area contributed by atoms with Gasteiger partial charge in [-0.25, -0.2) is 4.39 Å². The van der Waals surface area contributed by atoms with Crippen LogP contribution in [0.25, 0.3) is 11.3 Å². The lowest BCUT2D eigenvalue weighted by molar-refractivity contribution is 0.627. The summed E-state index contributed by atoms with van der Waals surface area (Å²) >= 11 is 3.20. The van der Waals surface area contributed by atoms with Crippen LogP contribution in [0.15, 0.2) is 28.9 Å². The van der Waals surface area contributed by atoms with Crippen LogP contribution in [0.2, 0.25) is 0 Å². The lowest BCUT2D eigenvalue weighted by atomic mass is 10.2. The Labute approximate surface area is 82.1 Å². The van der Waals surface area contributed by atoms with E-state index in [0.717, 1.165) is 0 Å². The summed E-state index contributed by atoms with van der Waals surface area (Å²) in [6, 6.07) is 4.58. The van der Waals surface area contributed by atoms with Crippen LogP contribution in [0.3, 0.4) is 0 Å². The molecule has 0 amide bonds. The highest BCUT2D eigenvalue weighted by Gasteiger charge is 2.03. The molecule has 2 rings (SSSR count).